The summed E-state index contributed by atoms with van der Waals surface area (Å²) in [6.45, 7) is 8.29. The van der Waals surface area contributed by atoms with Crippen molar-refractivity contribution in [2.24, 2.45) is 11.8 Å². The number of carbonyl (C=O) groups excluding carboxylic acids is 1. The highest BCUT2D eigenvalue weighted by atomic mass is 16.5. The first kappa shape index (κ1) is 25.8. The Morgan fingerprint density at radius 2 is 2.09 bits per heavy atom. The molecule has 34 heavy (non-hydrogen) atoms. The molecule has 2 atom stereocenters. The largest absolute Gasteiger partial charge is 0.481 e. The quantitative estimate of drug-likeness (QED) is 0.485. The molecule has 3 rings (SSSR count). The maximum Gasteiger partial charge on any atom is 0.307 e. The molecular weight excluding hydrogens is 434 g/mol. The first-order valence-corrected chi connectivity index (χ1v) is 12.1. The number of rotatable bonds is 11. The van der Waals surface area contributed by atoms with E-state index in [2.05, 4.69) is 29.5 Å². The number of hydrogen-bond acceptors (Lipinski definition) is 6. The van der Waals surface area contributed by atoms with Crippen molar-refractivity contribution in [3.8, 4) is 5.69 Å². The van der Waals surface area contributed by atoms with Crippen molar-refractivity contribution < 1.29 is 19.4 Å². The highest BCUT2D eigenvalue weighted by Gasteiger charge is 2.35. The van der Waals surface area contributed by atoms with Gasteiger partial charge in [-0.15, -0.1) is 5.10 Å². The summed E-state index contributed by atoms with van der Waals surface area (Å²) in [5.41, 5.74) is 3.09. The molecule has 0 bridgehead atoms. The molecular formula is C25H37N5O4. The van der Waals surface area contributed by atoms with Gasteiger partial charge in [0.25, 0.3) is 5.91 Å². The standard InChI is InChI=1S/C25H37N5O4/c1-17(2)16-29(21-13-19(25(32)33)14-26-15-21)24(31)23-22(10-5-6-11-34-4)30(28-27-23)20-9-7-8-18(3)12-20/h7-9,12,17,19,21,26H,5-6,10-11,13-16H2,1-4H3,(H,32,33)/t19-,21+/m1/s1. The predicted molar refractivity (Wildman–Crippen MR) is 129 cm³/mol. The van der Waals surface area contributed by atoms with Gasteiger partial charge < -0.3 is 20.1 Å². The van der Waals surface area contributed by atoms with Crippen molar-refractivity contribution in [1.29, 1.82) is 0 Å². The number of hydrogen-bond donors (Lipinski definition) is 2. The number of carboxylic acid groups (broad SMARTS) is 1. The van der Waals surface area contributed by atoms with Crippen LogP contribution in [0.15, 0.2) is 24.3 Å². The van der Waals surface area contributed by atoms with Crippen molar-refractivity contribution >= 4 is 11.9 Å². The van der Waals surface area contributed by atoms with Gasteiger partial charge in [-0.25, -0.2) is 4.68 Å². The van der Waals surface area contributed by atoms with Crippen molar-refractivity contribution in [2.75, 3.05) is 33.4 Å². The average molecular weight is 472 g/mol. The Labute approximate surface area is 201 Å². The summed E-state index contributed by atoms with van der Waals surface area (Å²) in [4.78, 5) is 27.3. The summed E-state index contributed by atoms with van der Waals surface area (Å²) >= 11 is 0. The van der Waals surface area contributed by atoms with Gasteiger partial charge >= 0.3 is 5.97 Å². The zero-order chi connectivity index (χ0) is 24.7. The van der Waals surface area contributed by atoms with Crippen molar-refractivity contribution in [3.05, 3.63) is 41.2 Å². The second-order valence-electron chi connectivity index (χ2n) is 9.52. The highest BCUT2D eigenvalue weighted by molar-refractivity contribution is 5.93. The Bertz CT molecular complexity index is 974. The number of aliphatic carboxylic acids is 1. The maximum atomic E-state index is 13.9. The maximum absolute atomic E-state index is 13.9. The minimum atomic E-state index is -0.835. The number of aromatic nitrogens is 3. The normalized spacial score (nSPS) is 18.3. The van der Waals surface area contributed by atoms with Crippen LogP contribution in [-0.4, -0.2) is 76.3 Å². The number of carbonyl (C=O) groups is 2. The van der Waals surface area contributed by atoms with E-state index in [0.717, 1.165) is 29.8 Å². The van der Waals surface area contributed by atoms with Crippen LogP contribution in [0.2, 0.25) is 0 Å². The van der Waals surface area contributed by atoms with Crippen LogP contribution in [0, 0.1) is 18.8 Å². The van der Waals surface area contributed by atoms with Gasteiger partial charge in [0.1, 0.15) is 0 Å². The molecule has 1 amide bonds. The lowest BCUT2D eigenvalue weighted by Gasteiger charge is -2.37. The number of unbranched alkanes of at least 4 members (excludes halogenated alkanes) is 1. The third kappa shape index (κ3) is 6.42. The fourth-order valence-electron chi connectivity index (χ4n) is 4.47. The Hall–Kier alpha value is -2.78. The van der Waals surface area contributed by atoms with Crippen LogP contribution in [0.1, 0.15) is 54.9 Å². The molecule has 1 aliphatic rings. The summed E-state index contributed by atoms with van der Waals surface area (Å²) in [6, 6.07) is 7.76. The smallest absolute Gasteiger partial charge is 0.307 e. The average Bonchev–Trinajstić information content (AvgIpc) is 3.23. The Morgan fingerprint density at radius 1 is 1.29 bits per heavy atom. The molecule has 1 saturated heterocycles. The van der Waals surface area contributed by atoms with Crippen molar-refractivity contribution in [3.63, 3.8) is 0 Å². The van der Waals surface area contributed by atoms with Gasteiger partial charge in [-0.1, -0.05) is 31.2 Å². The second kappa shape index (κ2) is 12.1. The molecule has 1 aromatic heterocycles. The topological polar surface area (TPSA) is 110 Å². The van der Waals surface area contributed by atoms with Crippen LogP contribution < -0.4 is 5.32 Å². The molecule has 0 spiro atoms. The zero-order valence-corrected chi connectivity index (χ0v) is 20.7. The molecule has 0 unspecified atom stereocenters. The van der Waals surface area contributed by atoms with Gasteiger partial charge in [0.05, 0.1) is 17.3 Å². The van der Waals surface area contributed by atoms with Gasteiger partial charge in [0.2, 0.25) is 0 Å². The van der Waals surface area contributed by atoms with Crippen LogP contribution in [0.4, 0.5) is 0 Å². The van der Waals surface area contributed by atoms with Crippen LogP contribution in [0.25, 0.3) is 5.69 Å². The van der Waals surface area contributed by atoms with E-state index in [9.17, 15) is 14.7 Å². The number of piperidine rings is 1. The number of ether oxygens (including phenoxy) is 1. The first-order chi connectivity index (χ1) is 16.3. The van der Waals surface area contributed by atoms with E-state index in [1.807, 2.05) is 31.2 Å². The molecule has 1 aromatic carbocycles. The molecule has 9 nitrogen and oxygen atoms in total. The van der Waals surface area contributed by atoms with E-state index in [1.54, 1.807) is 16.7 Å². The molecule has 0 aliphatic carbocycles. The first-order valence-electron chi connectivity index (χ1n) is 12.1. The second-order valence-corrected chi connectivity index (χ2v) is 9.52. The number of benzene rings is 1. The molecule has 2 aromatic rings. The number of methoxy groups -OCH3 is 1. The van der Waals surface area contributed by atoms with E-state index >= 15 is 0 Å². The number of nitrogens with one attached hydrogen (secondary N) is 1. The van der Waals surface area contributed by atoms with Crippen LogP contribution >= 0.6 is 0 Å². The molecule has 0 radical (unpaired) electrons. The highest BCUT2D eigenvalue weighted by Crippen LogP contribution is 2.23. The van der Waals surface area contributed by atoms with Gasteiger partial charge in [0, 0.05) is 39.4 Å². The zero-order valence-electron chi connectivity index (χ0n) is 20.7. The number of amides is 1. The summed E-state index contributed by atoms with van der Waals surface area (Å²) in [5, 5.41) is 21.5. The lowest BCUT2D eigenvalue weighted by atomic mass is 9.94. The Balaban J connectivity index is 1.95. The third-order valence-corrected chi connectivity index (χ3v) is 6.16. The van der Waals surface area contributed by atoms with E-state index < -0.39 is 11.9 Å². The fraction of sp³-hybridized carbons (Fsp3) is 0.600. The van der Waals surface area contributed by atoms with Gasteiger partial charge in [-0.2, -0.15) is 0 Å². The van der Waals surface area contributed by atoms with E-state index in [0.29, 0.717) is 44.8 Å². The Morgan fingerprint density at radius 3 is 2.76 bits per heavy atom. The molecule has 1 aliphatic heterocycles. The lowest BCUT2D eigenvalue weighted by Crippen LogP contribution is -2.53. The van der Waals surface area contributed by atoms with Gasteiger partial charge in [0.15, 0.2) is 5.69 Å². The van der Waals surface area contributed by atoms with E-state index in [1.165, 1.54) is 0 Å². The summed E-state index contributed by atoms with van der Waals surface area (Å²) < 4.78 is 6.96. The van der Waals surface area contributed by atoms with Crippen LogP contribution in [0.3, 0.4) is 0 Å². The number of aryl methyl sites for hydroxylation is 1. The van der Waals surface area contributed by atoms with E-state index in [4.69, 9.17) is 4.74 Å². The van der Waals surface area contributed by atoms with E-state index in [-0.39, 0.29) is 17.9 Å². The van der Waals surface area contributed by atoms with Crippen molar-refractivity contribution in [2.45, 2.75) is 52.5 Å². The van der Waals surface area contributed by atoms with Crippen LogP contribution in [0.5, 0.6) is 0 Å². The Kier molecular flexibility index (Phi) is 9.18. The number of nitrogens with zero attached hydrogens (tertiary/aromatic N) is 4. The summed E-state index contributed by atoms with van der Waals surface area (Å²) in [7, 11) is 1.68. The van der Waals surface area contributed by atoms with Crippen molar-refractivity contribution in [1.82, 2.24) is 25.2 Å². The van der Waals surface area contributed by atoms with Gasteiger partial charge in [-0.05, 0) is 56.2 Å². The molecule has 2 N–H and O–H groups in total. The van der Waals surface area contributed by atoms with Gasteiger partial charge in [-0.3, -0.25) is 9.59 Å². The molecule has 186 valence electrons. The predicted octanol–water partition coefficient (Wildman–Crippen LogP) is 2.71. The summed E-state index contributed by atoms with van der Waals surface area (Å²) in [6.07, 6.45) is 2.77. The number of carboxylic acids is 1. The summed E-state index contributed by atoms with van der Waals surface area (Å²) in [5.74, 6) is -1.31. The van der Waals surface area contributed by atoms with Crippen LogP contribution in [-0.2, 0) is 16.0 Å². The minimum Gasteiger partial charge on any atom is -0.481 e. The molecule has 9 heteroatoms. The third-order valence-electron chi connectivity index (χ3n) is 6.16. The molecule has 0 saturated carbocycles. The lowest BCUT2D eigenvalue weighted by molar-refractivity contribution is -0.142. The monoisotopic (exact) mass is 471 g/mol. The molecule has 1 fully saturated rings. The minimum absolute atomic E-state index is 0.188. The molecule has 2 heterocycles. The SMILES string of the molecule is COCCCCc1c(C(=O)N(CC(C)C)[C@@H]2CNC[C@H](C(=O)O)C2)nnn1-c1cccc(C)c1. The fourth-order valence-corrected chi connectivity index (χ4v) is 4.47.